The van der Waals surface area contributed by atoms with Gasteiger partial charge in [0.2, 0.25) is 0 Å². The van der Waals surface area contributed by atoms with E-state index in [0.717, 1.165) is 17.0 Å². The number of allylic oxidation sites excluding steroid dienone is 3. The summed E-state index contributed by atoms with van der Waals surface area (Å²) in [6.07, 6.45) is 1.87. The van der Waals surface area contributed by atoms with Crippen LogP contribution in [0.4, 0.5) is 0 Å². The van der Waals surface area contributed by atoms with Gasteiger partial charge in [0.15, 0.2) is 0 Å². The van der Waals surface area contributed by atoms with E-state index in [1.54, 1.807) is 0 Å². The number of nitrogens with zero attached hydrogens (tertiary/aromatic N) is 3. The molecular formula is C18H21N3O3. The van der Waals surface area contributed by atoms with Crippen LogP contribution in [-0.2, 0) is 9.53 Å². The van der Waals surface area contributed by atoms with E-state index in [1.165, 1.54) is 0 Å². The number of hydrogen-bond acceptors (Lipinski definition) is 6. The minimum Gasteiger partial charge on any atom is -0.460 e. The highest BCUT2D eigenvalue weighted by molar-refractivity contribution is 5.93. The average molecular weight is 327 g/mol. The van der Waals surface area contributed by atoms with Crippen molar-refractivity contribution in [3.05, 3.63) is 46.8 Å². The molecule has 1 aromatic carbocycles. The van der Waals surface area contributed by atoms with Crippen molar-refractivity contribution in [1.29, 1.82) is 0 Å². The van der Waals surface area contributed by atoms with Crippen molar-refractivity contribution in [2.75, 3.05) is 7.05 Å². The Balaban J connectivity index is 2.16. The predicted molar refractivity (Wildman–Crippen MR) is 90.0 cm³/mol. The third kappa shape index (κ3) is 2.68. The summed E-state index contributed by atoms with van der Waals surface area (Å²) in [5.41, 5.74) is 4.78. The molecule has 1 aliphatic rings. The van der Waals surface area contributed by atoms with Gasteiger partial charge in [-0.25, -0.2) is 9.42 Å². The van der Waals surface area contributed by atoms with Crippen LogP contribution in [0.2, 0.25) is 0 Å². The van der Waals surface area contributed by atoms with Crippen LogP contribution in [0.15, 0.2) is 45.9 Å². The van der Waals surface area contributed by atoms with Gasteiger partial charge in [0.25, 0.3) is 0 Å². The van der Waals surface area contributed by atoms with Crippen LogP contribution in [0, 0.1) is 0 Å². The number of carbonyl (C=O) groups is 1. The molecule has 2 aromatic rings. The first-order valence-corrected chi connectivity index (χ1v) is 7.95. The molecule has 0 aliphatic carbocycles. The summed E-state index contributed by atoms with van der Waals surface area (Å²) in [5, 5.41) is 7.91. The van der Waals surface area contributed by atoms with Gasteiger partial charge in [0.1, 0.15) is 11.0 Å². The highest BCUT2D eigenvalue weighted by Crippen LogP contribution is 2.38. The summed E-state index contributed by atoms with van der Waals surface area (Å²) in [7, 11) is 1.94. The molecule has 0 radical (unpaired) electrons. The standard InChI is InChI=1S/C18H21N3O3/c1-10(2)23-18(22)16-12(4)21(5)11(3)9-14(16)13-7-6-8-15-17(13)20-24-19-15/h6-10,14H,1-5H3. The van der Waals surface area contributed by atoms with Crippen molar-refractivity contribution < 1.29 is 14.2 Å². The number of fused-ring (bicyclic) bond motifs is 1. The Morgan fingerprint density at radius 3 is 2.75 bits per heavy atom. The van der Waals surface area contributed by atoms with Gasteiger partial charge < -0.3 is 9.64 Å². The van der Waals surface area contributed by atoms with Gasteiger partial charge >= 0.3 is 5.97 Å². The topological polar surface area (TPSA) is 68.5 Å². The average Bonchev–Trinajstić information content (AvgIpc) is 2.99. The number of aromatic nitrogens is 2. The first-order valence-electron chi connectivity index (χ1n) is 7.95. The molecule has 3 rings (SSSR count). The minimum absolute atomic E-state index is 0.180. The first kappa shape index (κ1) is 16.2. The summed E-state index contributed by atoms with van der Waals surface area (Å²) in [5.74, 6) is -0.556. The number of carbonyl (C=O) groups excluding carboxylic acids is 1. The molecule has 1 aromatic heterocycles. The van der Waals surface area contributed by atoms with Crippen molar-refractivity contribution >= 4 is 17.0 Å². The van der Waals surface area contributed by atoms with Gasteiger partial charge in [0.05, 0.1) is 11.7 Å². The quantitative estimate of drug-likeness (QED) is 0.805. The zero-order valence-corrected chi connectivity index (χ0v) is 14.5. The Morgan fingerprint density at radius 1 is 1.29 bits per heavy atom. The Labute approximate surface area is 140 Å². The molecule has 0 spiro atoms. The number of benzene rings is 1. The molecule has 24 heavy (non-hydrogen) atoms. The van der Waals surface area contributed by atoms with E-state index in [-0.39, 0.29) is 18.0 Å². The van der Waals surface area contributed by atoms with E-state index in [0.29, 0.717) is 16.6 Å². The van der Waals surface area contributed by atoms with Gasteiger partial charge in [-0.3, -0.25) is 0 Å². The molecule has 0 amide bonds. The molecule has 2 heterocycles. The third-order valence-electron chi connectivity index (χ3n) is 4.36. The molecule has 0 fully saturated rings. The summed E-state index contributed by atoms with van der Waals surface area (Å²) >= 11 is 0. The van der Waals surface area contributed by atoms with Crippen LogP contribution < -0.4 is 0 Å². The van der Waals surface area contributed by atoms with E-state index in [9.17, 15) is 4.79 Å². The maximum absolute atomic E-state index is 12.7. The smallest absolute Gasteiger partial charge is 0.336 e. The monoisotopic (exact) mass is 327 g/mol. The SMILES string of the molecule is CC1=CC(c2cccc3nonc23)C(C(=O)OC(C)C)=C(C)N1C. The zero-order chi connectivity index (χ0) is 17.4. The number of hydrogen-bond donors (Lipinski definition) is 0. The van der Waals surface area contributed by atoms with Crippen molar-refractivity contribution in [2.45, 2.75) is 39.7 Å². The molecule has 1 atom stereocenters. The molecule has 126 valence electrons. The van der Waals surface area contributed by atoms with E-state index in [2.05, 4.69) is 10.3 Å². The summed E-state index contributed by atoms with van der Waals surface area (Å²) in [4.78, 5) is 14.7. The van der Waals surface area contributed by atoms with Crippen LogP contribution in [-0.4, -0.2) is 34.3 Å². The summed E-state index contributed by atoms with van der Waals surface area (Å²) < 4.78 is 10.3. The van der Waals surface area contributed by atoms with Gasteiger partial charge in [-0.2, -0.15) is 0 Å². The van der Waals surface area contributed by atoms with Crippen molar-refractivity contribution in [2.24, 2.45) is 0 Å². The van der Waals surface area contributed by atoms with E-state index < -0.39 is 0 Å². The number of ether oxygens (including phenoxy) is 1. The molecule has 0 saturated carbocycles. The molecule has 6 nitrogen and oxygen atoms in total. The van der Waals surface area contributed by atoms with E-state index in [1.807, 2.05) is 63.9 Å². The second-order valence-corrected chi connectivity index (χ2v) is 6.28. The molecule has 1 aliphatic heterocycles. The fourth-order valence-electron chi connectivity index (χ4n) is 2.98. The Morgan fingerprint density at radius 2 is 2.04 bits per heavy atom. The lowest BCUT2D eigenvalue weighted by molar-refractivity contribution is -0.143. The summed E-state index contributed by atoms with van der Waals surface area (Å²) in [6.45, 7) is 7.64. The Bertz CT molecular complexity index is 848. The predicted octanol–water partition coefficient (Wildman–Crippen LogP) is 3.38. The molecule has 6 heteroatoms. The first-order chi connectivity index (χ1) is 11.4. The maximum atomic E-state index is 12.7. The van der Waals surface area contributed by atoms with Crippen molar-refractivity contribution in [3.8, 4) is 0 Å². The second-order valence-electron chi connectivity index (χ2n) is 6.28. The van der Waals surface area contributed by atoms with Gasteiger partial charge in [0, 0.05) is 24.4 Å². The highest BCUT2D eigenvalue weighted by Gasteiger charge is 2.32. The van der Waals surface area contributed by atoms with Crippen LogP contribution in [0.3, 0.4) is 0 Å². The lowest BCUT2D eigenvalue weighted by Crippen LogP contribution is -2.28. The molecule has 0 bridgehead atoms. The zero-order valence-electron chi connectivity index (χ0n) is 14.5. The third-order valence-corrected chi connectivity index (χ3v) is 4.36. The fraction of sp³-hybridized carbons (Fsp3) is 0.389. The van der Waals surface area contributed by atoms with Crippen LogP contribution in [0.1, 0.15) is 39.2 Å². The van der Waals surface area contributed by atoms with Gasteiger partial charge in [-0.1, -0.05) is 18.2 Å². The van der Waals surface area contributed by atoms with Crippen molar-refractivity contribution in [3.63, 3.8) is 0 Å². The fourth-order valence-corrected chi connectivity index (χ4v) is 2.98. The molecule has 1 unspecified atom stereocenters. The molecule has 0 saturated heterocycles. The minimum atomic E-state index is -0.309. The second kappa shape index (κ2) is 6.11. The molecular weight excluding hydrogens is 306 g/mol. The van der Waals surface area contributed by atoms with E-state index in [4.69, 9.17) is 9.37 Å². The van der Waals surface area contributed by atoms with Crippen LogP contribution >= 0.6 is 0 Å². The normalized spacial score (nSPS) is 18.3. The van der Waals surface area contributed by atoms with Gasteiger partial charge in [-0.05, 0) is 49.6 Å². The number of esters is 1. The summed E-state index contributed by atoms with van der Waals surface area (Å²) in [6, 6.07) is 5.68. The van der Waals surface area contributed by atoms with Crippen molar-refractivity contribution in [1.82, 2.24) is 15.2 Å². The maximum Gasteiger partial charge on any atom is 0.336 e. The Kier molecular flexibility index (Phi) is 4.13. The highest BCUT2D eigenvalue weighted by atomic mass is 16.6. The van der Waals surface area contributed by atoms with Crippen LogP contribution in [0.5, 0.6) is 0 Å². The lowest BCUT2D eigenvalue weighted by atomic mass is 9.85. The Hall–Kier alpha value is -2.63. The van der Waals surface area contributed by atoms with Crippen LogP contribution in [0.25, 0.3) is 11.0 Å². The van der Waals surface area contributed by atoms with Gasteiger partial charge in [-0.15, -0.1) is 0 Å². The lowest BCUT2D eigenvalue weighted by Gasteiger charge is -2.32. The van der Waals surface area contributed by atoms with E-state index >= 15 is 0 Å². The largest absolute Gasteiger partial charge is 0.460 e. The number of rotatable bonds is 3. The molecule has 0 N–H and O–H groups in total.